The molecule has 3 aromatic heterocycles. The van der Waals surface area contributed by atoms with Crippen molar-refractivity contribution in [1.82, 2.24) is 24.1 Å². The van der Waals surface area contributed by atoms with E-state index in [0.717, 1.165) is 5.69 Å². The first-order valence-electron chi connectivity index (χ1n) is 10.2. The highest BCUT2D eigenvalue weighted by atomic mass is 79.9. The molecule has 0 saturated carbocycles. The minimum absolute atomic E-state index is 0.0545. The number of carbonyl (C=O) groups excluding carboxylic acids is 1. The molecule has 4 aromatic rings. The third kappa shape index (κ3) is 4.55. The number of rotatable bonds is 7. The van der Waals surface area contributed by atoms with Gasteiger partial charge in [-0.15, -0.1) is 10.2 Å². The number of aromatic nitrogens is 5. The third-order valence-corrected chi connectivity index (χ3v) is 6.49. The largest absolute Gasteiger partial charge is 0.446 e. The number of carbonyl (C=O) groups is 1. The summed E-state index contributed by atoms with van der Waals surface area (Å²) in [6, 6.07) is 12.9. The van der Waals surface area contributed by atoms with Crippen LogP contribution in [-0.2, 0) is 11.8 Å². The van der Waals surface area contributed by atoms with Crippen LogP contribution in [-0.4, -0.2) is 35.8 Å². The summed E-state index contributed by atoms with van der Waals surface area (Å²) in [5.74, 6) is 0.946. The van der Waals surface area contributed by atoms with Crippen LogP contribution < -0.4 is 10.9 Å². The highest BCUT2D eigenvalue weighted by Crippen LogP contribution is 2.30. The Bertz CT molecular complexity index is 1350. The van der Waals surface area contributed by atoms with Gasteiger partial charge in [0.15, 0.2) is 15.6 Å². The number of hydrogen-bond donors (Lipinski definition) is 1. The Labute approximate surface area is 202 Å². The smallest absolute Gasteiger partial charge is 0.295 e. The number of hydrogen-bond acceptors (Lipinski definition) is 6. The van der Waals surface area contributed by atoms with E-state index in [1.807, 2.05) is 54.8 Å². The fourth-order valence-corrected chi connectivity index (χ4v) is 4.64. The molecule has 0 bridgehead atoms. The van der Waals surface area contributed by atoms with Crippen molar-refractivity contribution < 1.29 is 9.21 Å². The van der Waals surface area contributed by atoms with Crippen molar-refractivity contribution in [1.29, 1.82) is 0 Å². The molecule has 9 nitrogen and oxygen atoms in total. The summed E-state index contributed by atoms with van der Waals surface area (Å²) in [7, 11) is 1.79. The van der Waals surface area contributed by atoms with Crippen LogP contribution in [0.5, 0.6) is 0 Å². The highest BCUT2D eigenvalue weighted by Gasteiger charge is 2.22. The fourth-order valence-electron chi connectivity index (χ4n) is 3.46. The zero-order chi connectivity index (χ0) is 23.7. The zero-order valence-electron chi connectivity index (χ0n) is 18.6. The molecule has 1 amide bonds. The Balaban J connectivity index is 1.52. The molecule has 11 heteroatoms. The quantitative estimate of drug-likeness (QED) is 0.355. The molecule has 1 aromatic carbocycles. The first-order chi connectivity index (χ1) is 15.8. The lowest BCUT2D eigenvalue weighted by atomic mass is 10.3. The van der Waals surface area contributed by atoms with Gasteiger partial charge in [-0.2, -0.15) is 0 Å². The molecule has 0 atom stereocenters. The molecule has 0 spiro atoms. The van der Waals surface area contributed by atoms with Gasteiger partial charge in [0.05, 0.1) is 17.1 Å². The van der Waals surface area contributed by atoms with Crippen LogP contribution in [0.15, 0.2) is 61.5 Å². The van der Waals surface area contributed by atoms with Gasteiger partial charge in [-0.25, -0.2) is 4.68 Å². The molecule has 0 saturated heterocycles. The highest BCUT2D eigenvalue weighted by molar-refractivity contribution is 9.10. The van der Waals surface area contributed by atoms with Gasteiger partial charge in [0.25, 0.3) is 5.56 Å². The number of amides is 1. The van der Waals surface area contributed by atoms with E-state index in [0.29, 0.717) is 27.1 Å². The predicted molar refractivity (Wildman–Crippen MR) is 131 cm³/mol. The van der Waals surface area contributed by atoms with E-state index in [1.165, 1.54) is 16.4 Å². The summed E-state index contributed by atoms with van der Waals surface area (Å²) in [4.78, 5) is 25.7. The van der Waals surface area contributed by atoms with Crippen LogP contribution in [0, 0.1) is 6.92 Å². The normalized spacial score (nSPS) is 11.3. The van der Waals surface area contributed by atoms with Crippen LogP contribution in [0.1, 0.15) is 25.6 Å². The molecule has 0 aliphatic rings. The number of nitrogens with one attached hydrogen (secondary N) is 1. The van der Waals surface area contributed by atoms with Crippen molar-refractivity contribution >= 4 is 39.3 Å². The molecule has 172 valence electrons. The minimum atomic E-state index is -0.299. The van der Waals surface area contributed by atoms with Gasteiger partial charge in [-0.1, -0.05) is 30.0 Å². The van der Waals surface area contributed by atoms with Crippen molar-refractivity contribution in [3.63, 3.8) is 0 Å². The number of nitrogens with zero attached hydrogens (tertiary/aromatic N) is 5. The second-order valence-electron chi connectivity index (χ2n) is 7.65. The van der Waals surface area contributed by atoms with Gasteiger partial charge in [0, 0.05) is 13.1 Å². The van der Waals surface area contributed by atoms with Crippen molar-refractivity contribution in [3.05, 3.63) is 63.2 Å². The summed E-state index contributed by atoms with van der Waals surface area (Å²) in [5, 5.41) is 11.9. The van der Waals surface area contributed by atoms with E-state index in [2.05, 4.69) is 31.4 Å². The molecule has 0 fully saturated rings. The Morgan fingerprint density at radius 1 is 1.18 bits per heavy atom. The number of para-hydroxylation sites is 1. The number of halogens is 1. The predicted octanol–water partition coefficient (Wildman–Crippen LogP) is 4.41. The number of thioether (sulfide) groups is 1. The first kappa shape index (κ1) is 23.1. The molecule has 0 unspecified atom stereocenters. The van der Waals surface area contributed by atoms with E-state index in [1.54, 1.807) is 24.7 Å². The topological polar surface area (TPSA) is 99.9 Å². The molecule has 3 heterocycles. The summed E-state index contributed by atoms with van der Waals surface area (Å²) >= 11 is 4.55. The zero-order valence-corrected chi connectivity index (χ0v) is 21.0. The van der Waals surface area contributed by atoms with Crippen LogP contribution >= 0.6 is 27.7 Å². The van der Waals surface area contributed by atoms with E-state index in [9.17, 15) is 9.59 Å². The van der Waals surface area contributed by atoms with Crippen molar-refractivity contribution in [3.8, 4) is 17.3 Å². The lowest BCUT2D eigenvalue weighted by Gasteiger charge is -2.12. The Kier molecular flexibility index (Phi) is 6.61. The molecular formula is C22H23BrN6O3S. The summed E-state index contributed by atoms with van der Waals surface area (Å²) in [6.07, 6.45) is 0. The average Bonchev–Trinajstić information content (AvgIpc) is 3.46. The van der Waals surface area contributed by atoms with Crippen molar-refractivity contribution in [2.24, 2.45) is 7.05 Å². The van der Waals surface area contributed by atoms with Gasteiger partial charge in [0.1, 0.15) is 5.69 Å². The molecular weight excluding hydrogens is 508 g/mol. The lowest BCUT2D eigenvalue weighted by molar-refractivity contribution is -0.113. The Morgan fingerprint density at radius 3 is 2.55 bits per heavy atom. The molecule has 33 heavy (non-hydrogen) atoms. The van der Waals surface area contributed by atoms with Gasteiger partial charge in [0.2, 0.25) is 11.7 Å². The van der Waals surface area contributed by atoms with Crippen LogP contribution in [0.4, 0.5) is 5.69 Å². The van der Waals surface area contributed by atoms with Crippen molar-refractivity contribution in [2.75, 3.05) is 11.1 Å². The maximum absolute atomic E-state index is 13.0. The fraction of sp³-hybridized carbons (Fsp3) is 0.273. The van der Waals surface area contributed by atoms with E-state index in [-0.39, 0.29) is 28.9 Å². The number of anilines is 1. The number of furan rings is 1. The van der Waals surface area contributed by atoms with Crippen LogP contribution in [0.3, 0.4) is 0 Å². The van der Waals surface area contributed by atoms with Crippen LogP contribution in [0.2, 0.25) is 0 Å². The summed E-state index contributed by atoms with van der Waals surface area (Å²) < 4.78 is 11.4. The first-order valence-corrected chi connectivity index (χ1v) is 12.0. The molecule has 0 radical (unpaired) electrons. The monoisotopic (exact) mass is 530 g/mol. The van der Waals surface area contributed by atoms with Gasteiger partial charge < -0.3 is 9.73 Å². The maximum Gasteiger partial charge on any atom is 0.295 e. The van der Waals surface area contributed by atoms with Gasteiger partial charge in [-0.05, 0) is 61.0 Å². The van der Waals surface area contributed by atoms with Gasteiger partial charge in [-0.3, -0.25) is 18.8 Å². The second kappa shape index (κ2) is 9.44. The van der Waals surface area contributed by atoms with E-state index in [4.69, 9.17) is 4.42 Å². The SMILES string of the molecule is Cc1c(NC(=O)CSc2nnc(-c3ccc(Br)o3)n2C(C)C)c(=O)n(-c2ccccc2)n1C. The summed E-state index contributed by atoms with van der Waals surface area (Å²) in [6.45, 7) is 5.81. The Morgan fingerprint density at radius 2 is 1.91 bits per heavy atom. The molecule has 0 aliphatic heterocycles. The Hall–Kier alpha value is -3.05. The third-order valence-electron chi connectivity index (χ3n) is 5.13. The summed E-state index contributed by atoms with van der Waals surface area (Å²) in [5.41, 5.74) is 1.37. The standard InChI is InChI=1S/C22H23BrN6O3S/c1-13(2)28-20(16-10-11-17(23)32-16)25-26-22(28)33-12-18(30)24-19-14(3)27(4)29(21(19)31)15-8-6-5-7-9-15/h5-11,13H,12H2,1-4H3,(H,24,30). The second-order valence-corrected chi connectivity index (χ2v) is 9.37. The lowest BCUT2D eigenvalue weighted by Crippen LogP contribution is -2.23. The maximum atomic E-state index is 13.0. The molecule has 0 aliphatic carbocycles. The van der Waals surface area contributed by atoms with E-state index < -0.39 is 0 Å². The van der Waals surface area contributed by atoms with Gasteiger partial charge >= 0.3 is 0 Å². The molecule has 4 rings (SSSR count). The van der Waals surface area contributed by atoms with E-state index >= 15 is 0 Å². The minimum Gasteiger partial charge on any atom is -0.446 e. The van der Waals surface area contributed by atoms with Crippen LogP contribution in [0.25, 0.3) is 17.3 Å². The molecule has 1 N–H and O–H groups in total. The number of benzene rings is 1. The van der Waals surface area contributed by atoms with Crippen molar-refractivity contribution in [2.45, 2.75) is 32.0 Å². The average molecular weight is 531 g/mol.